The van der Waals surface area contributed by atoms with Crippen LogP contribution in [0.5, 0.6) is 0 Å². The van der Waals surface area contributed by atoms with Gasteiger partial charge in [-0.25, -0.2) is 0 Å². The minimum atomic E-state index is -0.850. The molecule has 0 spiro atoms. The quantitative estimate of drug-likeness (QED) is 0.642. The van der Waals surface area contributed by atoms with Crippen LogP contribution in [0.2, 0.25) is 0 Å². The zero-order chi connectivity index (χ0) is 18.9. The summed E-state index contributed by atoms with van der Waals surface area (Å²) in [6, 6.07) is 9.91. The van der Waals surface area contributed by atoms with E-state index in [1.165, 1.54) is 11.8 Å². The van der Waals surface area contributed by atoms with Gasteiger partial charge in [-0.3, -0.25) is 9.59 Å². The summed E-state index contributed by atoms with van der Waals surface area (Å²) in [7, 11) is 0. The van der Waals surface area contributed by atoms with Crippen molar-refractivity contribution in [2.45, 2.75) is 44.4 Å². The minimum absolute atomic E-state index is 0.0393. The Labute approximate surface area is 157 Å². The average Bonchev–Trinajstić information content (AvgIpc) is 3.08. The van der Waals surface area contributed by atoms with Crippen molar-refractivity contribution in [2.75, 3.05) is 12.3 Å². The molecule has 0 aliphatic carbocycles. The van der Waals surface area contributed by atoms with E-state index in [1.54, 1.807) is 11.2 Å². The van der Waals surface area contributed by atoms with Crippen LogP contribution in [0.15, 0.2) is 41.8 Å². The summed E-state index contributed by atoms with van der Waals surface area (Å²) >= 11 is 1.35. The van der Waals surface area contributed by atoms with Gasteiger partial charge in [-0.15, -0.1) is 10.2 Å². The Bertz CT molecular complexity index is 718. The molecule has 1 amide bonds. The van der Waals surface area contributed by atoms with Gasteiger partial charge in [-0.2, -0.15) is 0 Å². The molecular weight excluding hydrogens is 352 g/mol. The highest BCUT2D eigenvalue weighted by Gasteiger charge is 2.17. The van der Waals surface area contributed by atoms with Crippen LogP contribution in [0.25, 0.3) is 0 Å². The van der Waals surface area contributed by atoms with E-state index in [2.05, 4.69) is 10.2 Å². The van der Waals surface area contributed by atoms with Gasteiger partial charge in [-0.05, 0) is 25.8 Å². The number of aliphatic carboxylic acids is 1. The number of carboxylic acids is 1. The molecule has 1 heterocycles. The average molecular weight is 376 g/mol. The predicted molar refractivity (Wildman–Crippen MR) is 99.9 cm³/mol. The van der Waals surface area contributed by atoms with Crippen molar-refractivity contribution in [1.29, 1.82) is 0 Å². The molecule has 0 aliphatic heterocycles. The second kappa shape index (κ2) is 9.96. The summed E-state index contributed by atoms with van der Waals surface area (Å²) in [5.41, 5.74) is 1.02. The number of carbonyl (C=O) groups is 2. The van der Waals surface area contributed by atoms with Gasteiger partial charge in [0.2, 0.25) is 5.91 Å². The Morgan fingerprint density at radius 1 is 1.27 bits per heavy atom. The van der Waals surface area contributed by atoms with Crippen molar-refractivity contribution in [3.63, 3.8) is 0 Å². The number of nitrogens with zero attached hydrogens (tertiary/aromatic N) is 4. The number of hydrogen-bond donors (Lipinski definition) is 1. The summed E-state index contributed by atoms with van der Waals surface area (Å²) in [6.45, 7) is 4.94. The predicted octanol–water partition coefficient (Wildman–Crippen LogP) is 2.84. The lowest BCUT2D eigenvalue weighted by Gasteiger charge is -2.22. The maximum atomic E-state index is 12.7. The van der Waals surface area contributed by atoms with E-state index >= 15 is 0 Å². The van der Waals surface area contributed by atoms with E-state index in [-0.39, 0.29) is 24.1 Å². The van der Waals surface area contributed by atoms with E-state index in [1.807, 2.05) is 48.7 Å². The Kier molecular flexibility index (Phi) is 7.65. The Morgan fingerprint density at radius 2 is 2.00 bits per heavy atom. The third-order valence-electron chi connectivity index (χ3n) is 3.81. The number of aromatic nitrogens is 3. The van der Waals surface area contributed by atoms with Gasteiger partial charge in [0, 0.05) is 25.6 Å². The van der Waals surface area contributed by atoms with Gasteiger partial charge in [0.1, 0.15) is 6.33 Å². The van der Waals surface area contributed by atoms with Crippen molar-refractivity contribution in [3.8, 4) is 0 Å². The number of hydrogen-bond acceptors (Lipinski definition) is 5. The molecule has 1 N–H and O–H groups in total. The summed E-state index contributed by atoms with van der Waals surface area (Å²) < 4.78 is 1.92. The molecule has 8 heteroatoms. The largest absolute Gasteiger partial charge is 0.481 e. The molecule has 2 rings (SSSR count). The molecule has 1 aromatic heterocycles. The summed E-state index contributed by atoms with van der Waals surface area (Å²) in [4.78, 5) is 25.2. The Balaban J connectivity index is 1.99. The third-order valence-corrected chi connectivity index (χ3v) is 4.75. The first-order chi connectivity index (χ1) is 12.5. The van der Waals surface area contributed by atoms with Crippen molar-refractivity contribution < 1.29 is 14.7 Å². The fourth-order valence-electron chi connectivity index (χ4n) is 2.42. The van der Waals surface area contributed by atoms with Gasteiger partial charge >= 0.3 is 5.97 Å². The van der Waals surface area contributed by atoms with Gasteiger partial charge in [0.05, 0.1) is 5.75 Å². The van der Waals surface area contributed by atoms with Crippen LogP contribution in [0.3, 0.4) is 0 Å². The monoisotopic (exact) mass is 376 g/mol. The smallest absolute Gasteiger partial charge is 0.303 e. The zero-order valence-corrected chi connectivity index (χ0v) is 15.9. The van der Waals surface area contributed by atoms with E-state index in [0.717, 1.165) is 5.56 Å². The molecule has 140 valence electrons. The molecule has 2 aromatic rings. The second-order valence-corrected chi connectivity index (χ2v) is 7.14. The number of amides is 1. The normalized spacial score (nSPS) is 10.9. The maximum absolute atomic E-state index is 12.7. The first kappa shape index (κ1) is 20.0. The number of carboxylic acid groups (broad SMARTS) is 1. The molecule has 0 fully saturated rings. The van der Waals surface area contributed by atoms with Crippen molar-refractivity contribution in [1.82, 2.24) is 19.7 Å². The molecule has 0 bridgehead atoms. The summed E-state index contributed by atoms with van der Waals surface area (Å²) in [6.07, 6.45) is 2.14. The molecule has 7 nitrogen and oxygen atoms in total. The van der Waals surface area contributed by atoms with E-state index < -0.39 is 5.97 Å². The molecule has 0 saturated heterocycles. The second-order valence-electron chi connectivity index (χ2n) is 6.20. The van der Waals surface area contributed by atoms with Crippen LogP contribution in [-0.2, 0) is 16.1 Å². The lowest BCUT2D eigenvalue weighted by Crippen LogP contribution is -2.33. The number of benzene rings is 1. The van der Waals surface area contributed by atoms with E-state index in [4.69, 9.17) is 5.11 Å². The number of rotatable bonds is 10. The van der Waals surface area contributed by atoms with Crippen molar-refractivity contribution in [3.05, 3.63) is 42.2 Å². The van der Waals surface area contributed by atoms with Crippen LogP contribution in [0.1, 0.15) is 38.3 Å². The SMILES string of the molecule is CC(C)n1cnnc1SCC(=O)N(CCCC(=O)O)Cc1ccccc1. The van der Waals surface area contributed by atoms with Gasteiger partial charge in [-0.1, -0.05) is 42.1 Å². The first-order valence-corrected chi connectivity index (χ1v) is 9.51. The summed E-state index contributed by atoms with van der Waals surface area (Å²) in [5, 5.41) is 17.5. The molecule has 0 radical (unpaired) electrons. The van der Waals surface area contributed by atoms with Crippen molar-refractivity contribution >= 4 is 23.6 Å². The van der Waals surface area contributed by atoms with E-state index in [9.17, 15) is 9.59 Å². The van der Waals surface area contributed by atoms with E-state index in [0.29, 0.717) is 24.7 Å². The minimum Gasteiger partial charge on any atom is -0.481 e. The molecular formula is C18H24N4O3S. The lowest BCUT2D eigenvalue weighted by atomic mass is 10.2. The number of thioether (sulfide) groups is 1. The standard InChI is InChI=1S/C18H24N4O3S/c1-14(2)22-13-19-20-18(22)26-12-16(23)21(10-6-9-17(24)25)11-15-7-4-3-5-8-15/h3-5,7-8,13-14H,6,9-12H2,1-2H3,(H,24,25). The number of carbonyl (C=O) groups excluding carboxylic acids is 1. The maximum Gasteiger partial charge on any atom is 0.303 e. The molecule has 0 atom stereocenters. The Hall–Kier alpha value is -2.35. The topological polar surface area (TPSA) is 88.3 Å². The van der Waals surface area contributed by atoms with Crippen molar-refractivity contribution in [2.24, 2.45) is 0 Å². The third kappa shape index (κ3) is 6.18. The molecule has 0 aliphatic rings. The molecule has 1 aromatic carbocycles. The van der Waals surface area contributed by atoms with Crippen LogP contribution < -0.4 is 0 Å². The van der Waals surface area contributed by atoms with Gasteiger partial charge in [0.15, 0.2) is 5.16 Å². The van der Waals surface area contributed by atoms with Crippen LogP contribution in [-0.4, -0.2) is 48.9 Å². The van der Waals surface area contributed by atoms with Crippen LogP contribution in [0, 0.1) is 0 Å². The molecule has 0 saturated carbocycles. The first-order valence-electron chi connectivity index (χ1n) is 8.53. The molecule has 0 unspecified atom stereocenters. The fraction of sp³-hybridized carbons (Fsp3) is 0.444. The molecule has 26 heavy (non-hydrogen) atoms. The summed E-state index contributed by atoms with van der Waals surface area (Å²) in [5.74, 6) is -0.648. The van der Waals surface area contributed by atoms with Gasteiger partial charge < -0.3 is 14.6 Å². The highest BCUT2D eigenvalue weighted by atomic mass is 32.2. The van der Waals surface area contributed by atoms with Gasteiger partial charge in [0.25, 0.3) is 0 Å². The van der Waals surface area contributed by atoms with Crippen LogP contribution in [0.4, 0.5) is 0 Å². The highest BCUT2D eigenvalue weighted by molar-refractivity contribution is 7.99. The fourth-order valence-corrected chi connectivity index (χ4v) is 3.37. The van der Waals surface area contributed by atoms with Crippen LogP contribution >= 0.6 is 11.8 Å². The highest BCUT2D eigenvalue weighted by Crippen LogP contribution is 2.19. The Morgan fingerprint density at radius 3 is 2.65 bits per heavy atom. The lowest BCUT2D eigenvalue weighted by molar-refractivity contribution is -0.138. The zero-order valence-electron chi connectivity index (χ0n) is 15.0.